The second-order valence-electron chi connectivity index (χ2n) is 6.90. The van der Waals surface area contributed by atoms with Crippen LogP contribution in [0.3, 0.4) is 0 Å². The fraction of sp³-hybridized carbons (Fsp3) is 0.478. The Labute approximate surface area is 177 Å². The van der Waals surface area contributed by atoms with Crippen LogP contribution in [-0.2, 0) is 32.2 Å². The summed E-state index contributed by atoms with van der Waals surface area (Å²) in [6, 6.07) is 20.1. The molecule has 1 heterocycles. The van der Waals surface area contributed by atoms with Crippen molar-refractivity contribution < 1.29 is 24.1 Å². The van der Waals surface area contributed by atoms with Gasteiger partial charge in [-0.1, -0.05) is 67.6 Å². The lowest BCUT2D eigenvalue weighted by Crippen LogP contribution is -2.60. The molecule has 5 nitrogen and oxygen atoms in total. The molecule has 1 aliphatic rings. The van der Waals surface area contributed by atoms with Crippen LogP contribution in [0.2, 0.25) is 0 Å². The largest absolute Gasteiger partial charge is 0.394 e. The van der Waals surface area contributed by atoms with Crippen LogP contribution in [0.25, 0.3) is 0 Å². The molecular weight excluding hydrogens is 388 g/mol. The van der Waals surface area contributed by atoms with Crippen LogP contribution >= 0.6 is 11.8 Å². The number of methoxy groups -OCH3 is 1. The van der Waals surface area contributed by atoms with Gasteiger partial charge in [-0.25, -0.2) is 0 Å². The van der Waals surface area contributed by atoms with Gasteiger partial charge in [-0.2, -0.15) is 0 Å². The van der Waals surface area contributed by atoms with Gasteiger partial charge in [0.2, 0.25) is 0 Å². The summed E-state index contributed by atoms with van der Waals surface area (Å²) in [6.07, 6.45) is -1.56. The third-order valence-corrected chi connectivity index (χ3v) is 5.99. The Morgan fingerprint density at radius 1 is 0.862 bits per heavy atom. The maximum absolute atomic E-state index is 9.87. The number of rotatable bonds is 10. The molecule has 1 aliphatic heterocycles. The Balaban J connectivity index is 1.79. The molecule has 6 heteroatoms. The van der Waals surface area contributed by atoms with Gasteiger partial charge in [0.1, 0.15) is 29.9 Å². The number of ether oxygens (including phenoxy) is 4. The highest BCUT2D eigenvalue weighted by Crippen LogP contribution is 2.34. The smallest absolute Gasteiger partial charge is 0.132 e. The van der Waals surface area contributed by atoms with E-state index >= 15 is 0 Å². The third kappa shape index (κ3) is 6.04. The molecule has 0 radical (unpaired) electrons. The van der Waals surface area contributed by atoms with Crippen molar-refractivity contribution in [3.63, 3.8) is 0 Å². The van der Waals surface area contributed by atoms with Crippen molar-refractivity contribution in [2.24, 2.45) is 0 Å². The van der Waals surface area contributed by atoms with Crippen LogP contribution in [0, 0.1) is 0 Å². The minimum atomic E-state index is -0.457. The molecule has 0 aromatic heterocycles. The molecule has 0 amide bonds. The second-order valence-corrected chi connectivity index (χ2v) is 8.28. The first-order valence-corrected chi connectivity index (χ1v) is 11.0. The van der Waals surface area contributed by atoms with E-state index in [1.165, 1.54) is 0 Å². The van der Waals surface area contributed by atoms with Crippen molar-refractivity contribution in [3.05, 3.63) is 71.8 Å². The summed E-state index contributed by atoms with van der Waals surface area (Å²) in [5, 5.41) is 9.87. The lowest BCUT2D eigenvalue weighted by Gasteiger charge is -2.45. The van der Waals surface area contributed by atoms with Crippen LogP contribution in [0.5, 0.6) is 0 Å². The topological polar surface area (TPSA) is 57.2 Å². The van der Waals surface area contributed by atoms with Gasteiger partial charge in [-0.05, 0) is 16.9 Å². The lowest BCUT2D eigenvalue weighted by atomic mass is 9.99. The Kier molecular flexibility index (Phi) is 8.98. The quantitative estimate of drug-likeness (QED) is 0.636. The van der Waals surface area contributed by atoms with Gasteiger partial charge in [-0.15, -0.1) is 11.8 Å². The summed E-state index contributed by atoms with van der Waals surface area (Å²) >= 11 is 1.66. The molecule has 0 spiro atoms. The number of thioether (sulfide) groups is 1. The lowest BCUT2D eigenvalue weighted by molar-refractivity contribution is -0.243. The van der Waals surface area contributed by atoms with Crippen molar-refractivity contribution in [2.75, 3.05) is 19.5 Å². The second kappa shape index (κ2) is 11.7. The maximum Gasteiger partial charge on any atom is 0.132 e. The molecular formula is C23H30O5S. The van der Waals surface area contributed by atoms with Gasteiger partial charge >= 0.3 is 0 Å². The third-order valence-electron chi connectivity index (χ3n) is 4.94. The number of benzene rings is 2. The van der Waals surface area contributed by atoms with Gasteiger partial charge in [0.05, 0.1) is 19.8 Å². The van der Waals surface area contributed by atoms with Gasteiger partial charge in [0.25, 0.3) is 0 Å². The Morgan fingerprint density at radius 3 is 1.90 bits per heavy atom. The fourth-order valence-corrected chi connectivity index (χ4v) is 4.48. The van der Waals surface area contributed by atoms with E-state index < -0.39 is 12.2 Å². The summed E-state index contributed by atoms with van der Waals surface area (Å²) in [7, 11) is 1.62. The standard InChI is InChI=1S/C23H30O5S/c1-3-29-23-22(27-16-18-12-8-5-9-13-18)21(20(25-2)19(14-24)28-23)26-15-17-10-6-4-7-11-17/h4-13,19-24H,3,14-16H2,1-2H3/t19-,20-,21+,22-,23+/m1/s1. The normalized spacial score (nSPS) is 27.1. The van der Waals surface area contributed by atoms with Gasteiger partial charge in [0, 0.05) is 7.11 Å². The highest BCUT2D eigenvalue weighted by Gasteiger charge is 2.47. The summed E-state index contributed by atoms with van der Waals surface area (Å²) < 4.78 is 24.5. The molecule has 0 saturated carbocycles. The molecule has 158 valence electrons. The SMILES string of the molecule is CCS[C@@H]1O[C@H](CO)[C@@H](OC)[C@H](OCc2ccccc2)[C@H]1OCc1ccccc1. The average Bonchev–Trinajstić information content (AvgIpc) is 2.78. The number of hydrogen-bond acceptors (Lipinski definition) is 6. The zero-order chi connectivity index (χ0) is 20.5. The van der Waals surface area contributed by atoms with Crippen LogP contribution in [0.4, 0.5) is 0 Å². The molecule has 5 atom stereocenters. The Morgan fingerprint density at radius 2 is 1.41 bits per heavy atom. The molecule has 0 bridgehead atoms. The first-order chi connectivity index (χ1) is 14.3. The molecule has 1 N–H and O–H groups in total. The van der Waals surface area contributed by atoms with Crippen LogP contribution in [-0.4, -0.2) is 54.4 Å². The van der Waals surface area contributed by atoms with E-state index in [1.807, 2.05) is 60.7 Å². The molecule has 29 heavy (non-hydrogen) atoms. The van der Waals surface area contributed by atoms with Gasteiger partial charge in [0.15, 0.2) is 0 Å². The van der Waals surface area contributed by atoms with E-state index in [9.17, 15) is 5.11 Å². The first-order valence-electron chi connectivity index (χ1n) is 9.98. The van der Waals surface area contributed by atoms with Crippen molar-refractivity contribution in [1.29, 1.82) is 0 Å². The number of aliphatic hydroxyl groups excluding tert-OH is 1. The summed E-state index contributed by atoms with van der Waals surface area (Å²) in [4.78, 5) is 0. The molecule has 0 unspecified atom stereocenters. The van der Waals surface area contributed by atoms with E-state index in [-0.39, 0.29) is 24.3 Å². The van der Waals surface area contributed by atoms with Gasteiger partial charge in [-0.3, -0.25) is 0 Å². The van der Waals surface area contributed by atoms with Crippen molar-refractivity contribution in [2.45, 2.75) is 50.0 Å². The van der Waals surface area contributed by atoms with E-state index in [2.05, 4.69) is 6.92 Å². The Bertz CT molecular complexity index is 699. The van der Waals surface area contributed by atoms with E-state index in [4.69, 9.17) is 18.9 Å². The molecule has 3 rings (SSSR count). The minimum Gasteiger partial charge on any atom is -0.394 e. The van der Waals surface area contributed by atoms with E-state index in [1.54, 1.807) is 18.9 Å². The van der Waals surface area contributed by atoms with Crippen molar-refractivity contribution in [1.82, 2.24) is 0 Å². The molecule has 0 aliphatic carbocycles. The van der Waals surface area contributed by atoms with E-state index in [0.717, 1.165) is 16.9 Å². The van der Waals surface area contributed by atoms with Crippen LogP contribution in [0.15, 0.2) is 60.7 Å². The predicted octanol–water partition coefficient (Wildman–Crippen LogP) is 3.64. The van der Waals surface area contributed by atoms with Crippen molar-refractivity contribution >= 4 is 11.8 Å². The summed E-state index contributed by atoms with van der Waals surface area (Å²) in [5.41, 5.74) is 1.93. The monoisotopic (exact) mass is 418 g/mol. The predicted molar refractivity (Wildman–Crippen MR) is 115 cm³/mol. The molecule has 1 fully saturated rings. The maximum atomic E-state index is 9.87. The average molecular weight is 419 g/mol. The molecule has 1 saturated heterocycles. The summed E-state index contributed by atoms with van der Waals surface area (Å²) in [6.45, 7) is 2.85. The fourth-order valence-electron chi connectivity index (χ4n) is 3.51. The van der Waals surface area contributed by atoms with Crippen LogP contribution in [0.1, 0.15) is 18.1 Å². The number of hydrogen-bond donors (Lipinski definition) is 1. The zero-order valence-corrected chi connectivity index (χ0v) is 17.8. The highest BCUT2D eigenvalue weighted by molar-refractivity contribution is 7.99. The first kappa shape index (κ1) is 22.3. The van der Waals surface area contributed by atoms with E-state index in [0.29, 0.717) is 13.2 Å². The minimum absolute atomic E-state index is 0.129. The van der Waals surface area contributed by atoms with Gasteiger partial charge < -0.3 is 24.1 Å². The highest BCUT2D eigenvalue weighted by atomic mass is 32.2. The summed E-state index contributed by atoms with van der Waals surface area (Å²) in [5.74, 6) is 0.872. The molecule has 2 aromatic rings. The number of aliphatic hydroxyl groups is 1. The Hall–Kier alpha value is -1.41. The van der Waals surface area contributed by atoms with Crippen molar-refractivity contribution in [3.8, 4) is 0 Å². The van der Waals surface area contributed by atoms with Crippen LogP contribution < -0.4 is 0 Å². The zero-order valence-electron chi connectivity index (χ0n) is 17.0. The molecule has 2 aromatic carbocycles.